The smallest absolute Gasteiger partial charge is 0.387 e. The van der Waals surface area contributed by atoms with Crippen LogP contribution in [0.2, 0.25) is 0 Å². The lowest BCUT2D eigenvalue weighted by atomic mass is 9.98. The molecule has 1 aliphatic heterocycles. The Balaban J connectivity index is 1.56. The van der Waals surface area contributed by atoms with Crippen molar-refractivity contribution < 1.29 is 32.5 Å². The Morgan fingerprint density at radius 1 is 0.833 bits per heavy atom. The van der Waals surface area contributed by atoms with Crippen molar-refractivity contribution in [1.29, 1.82) is 0 Å². The zero-order valence-corrected chi connectivity index (χ0v) is 23.3. The van der Waals surface area contributed by atoms with Crippen molar-refractivity contribution in [3.05, 3.63) is 102 Å². The lowest BCUT2D eigenvalue weighted by molar-refractivity contribution is -0.0869. The largest absolute Gasteiger partial charge is 0.493 e. The quantitative estimate of drug-likeness (QED) is 0.167. The van der Waals surface area contributed by atoms with E-state index in [0.717, 1.165) is 16.6 Å². The Morgan fingerprint density at radius 3 is 2.00 bits per heavy atom. The molecule has 0 atom stereocenters. The van der Waals surface area contributed by atoms with Crippen molar-refractivity contribution >= 4 is 11.0 Å². The van der Waals surface area contributed by atoms with Gasteiger partial charge < -0.3 is 28.3 Å². The molecule has 0 radical (unpaired) electrons. The first-order chi connectivity index (χ1) is 20.5. The number of fused-ring (bicyclic) bond motifs is 1. The molecule has 9 heteroatoms. The molecule has 0 saturated carbocycles. The zero-order valence-electron chi connectivity index (χ0n) is 23.3. The summed E-state index contributed by atoms with van der Waals surface area (Å²) >= 11 is 0. The molecule has 1 aliphatic rings. The van der Waals surface area contributed by atoms with Crippen molar-refractivity contribution in [2.24, 2.45) is 0 Å². The van der Waals surface area contributed by atoms with Gasteiger partial charge >= 0.3 is 6.61 Å². The molecule has 0 aliphatic carbocycles. The summed E-state index contributed by atoms with van der Waals surface area (Å²) in [5.74, 6) is 0.676. The first kappa shape index (κ1) is 27.5. The van der Waals surface area contributed by atoms with Crippen LogP contribution in [0.1, 0.15) is 18.1 Å². The first-order valence-corrected chi connectivity index (χ1v) is 13.6. The van der Waals surface area contributed by atoms with Crippen LogP contribution in [0.15, 0.2) is 91.0 Å². The third-order valence-electron chi connectivity index (χ3n) is 7.20. The van der Waals surface area contributed by atoms with Crippen molar-refractivity contribution in [3.8, 4) is 34.4 Å². The van der Waals surface area contributed by atoms with E-state index in [2.05, 4.69) is 0 Å². The number of rotatable bonds is 11. The summed E-state index contributed by atoms with van der Waals surface area (Å²) in [5, 5.41) is 0. The molecular weight excluding hydrogens is 542 g/mol. The Bertz CT molecular complexity index is 1670. The number of hydrogen-bond donors (Lipinski definition) is 0. The van der Waals surface area contributed by atoms with E-state index in [-0.39, 0.29) is 36.0 Å². The van der Waals surface area contributed by atoms with E-state index >= 15 is 0 Å². The number of ether oxygens (including phenoxy) is 5. The maximum absolute atomic E-state index is 14.1. The number of para-hydroxylation sites is 2. The molecule has 1 aromatic heterocycles. The Hall–Kier alpha value is -4.63. The molecule has 42 heavy (non-hydrogen) atoms. The molecule has 5 aromatic rings. The van der Waals surface area contributed by atoms with Crippen molar-refractivity contribution in [3.63, 3.8) is 0 Å². The van der Waals surface area contributed by atoms with Gasteiger partial charge in [0.05, 0.1) is 42.5 Å². The van der Waals surface area contributed by atoms with Crippen LogP contribution in [0, 0.1) is 0 Å². The molecule has 0 unspecified atom stereocenters. The maximum atomic E-state index is 14.1. The van der Waals surface area contributed by atoms with Gasteiger partial charge in [-0.25, -0.2) is 4.98 Å². The minimum absolute atomic E-state index is 0.00180. The Kier molecular flexibility index (Phi) is 7.67. The molecule has 0 bridgehead atoms. The molecular formula is C33H30F2N2O5. The third kappa shape index (κ3) is 5.35. The second-order valence-electron chi connectivity index (χ2n) is 10.3. The van der Waals surface area contributed by atoms with Crippen LogP contribution in [-0.4, -0.2) is 36.5 Å². The van der Waals surface area contributed by atoms with Gasteiger partial charge in [0.1, 0.15) is 19.0 Å². The summed E-state index contributed by atoms with van der Waals surface area (Å²) in [5.41, 5.74) is 3.11. The lowest BCUT2D eigenvalue weighted by Gasteiger charge is -2.41. The monoisotopic (exact) mass is 572 g/mol. The van der Waals surface area contributed by atoms with Gasteiger partial charge in [0.15, 0.2) is 11.5 Å². The minimum Gasteiger partial charge on any atom is -0.493 e. The van der Waals surface area contributed by atoms with Crippen LogP contribution in [0.3, 0.4) is 0 Å². The molecule has 0 N–H and O–H groups in total. The van der Waals surface area contributed by atoms with Gasteiger partial charge in [-0.2, -0.15) is 8.78 Å². The summed E-state index contributed by atoms with van der Waals surface area (Å²) in [4.78, 5) is 4.89. The minimum atomic E-state index is -3.14. The van der Waals surface area contributed by atoms with Gasteiger partial charge in [-0.1, -0.05) is 72.8 Å². The van der Waals surface area contributed by atoms with Gasteiger partial charge in [-0.05, 0) is 36.2 Å². The van der Waals surface area contributed by atoms with Crippen molar-refractivity contribution in [1.82, 2.24) is 9.55 Å². The van der Waals surface area contributed by atoms with Gasteiger partial charge in [0, 0.05) is 0 Å². The fourth-order valence-corrected chi connectivity index (χ4v) is 5.13. The SMILES string of the molecule is COc1cc(-c2nc3ccccc3n2C2(C)COC2)c(OC(F)F)c(OCc2ccccc2)c1OCc1ccccc1. The Labute approximate surface area is 242 Å². The number of nitrogens with zero attached hydrogens (tertiary/aromatic N) is 2. The summed E-state index contributed by atoms with van der Waals surface area (Å²) in [6.45, 7) is 0.0230. The number of hydrogen-bond acceptors (Lipinski definition) is 6. The average molecular weight is 573 g/mol. The molecule has 7 nitrogen and oxygen atoms in total. The highest BCUT2D eigenvalue weighted by molar-refractivity contribution is 5.85. The second kappa shape index (κ2) is 11.7. The van der Waals surface area contributed by atoms with E-state index in [1.54, 1.807) is 6.07 Å². The summed E-state index contributed by atoms with van der Waals surface area (Å²) in [7, 11) is 1.49. The first-order valence-electron chi connectivity index (χ1n) is 13.6. The highest BCUT2D eigenvalue weighted by Crippen LogP contribution is 2.52. The van der Waals surface area contributed by atoms with E-state index in [4.69, 9.17) is 28.7 Å². The molecule has 216 valence electrons. The van der Waals surface area contributed by atoms with Gasteiger partial charge in [-0.3, -0.25) is 0 Å². The number of halogens is 2. The zero-order chi connectivity index (χ0) is 29.1. The predicted molar refractivity (Wildman–Crippen MR) is 154 cm³/mol. The van der Waals surface area contributed by atoms with Gasteiger partial charge in [0.25, 0.3) is 0 Å². The highest BCUT2D eigenvalue weighted by atomic mass is 19.3. The van der Waals surface area contributed by atoms with Gasteiger partial charge in [0.2, 0.25) is 11.5 Å². The summed E-state index contributed by atoms with van der Waals surface area (Å²) in [6, 6.07) is 28.2. The second-order valence-corrected chi connectivity index (χ2v) is 10.3. The molecule has 1 fully saturated rings. The molecule has 1 saturated heterocycles. The molecule has 6 rings (SSSR count). The molecule has 2 heterocycles. The van der Waals surface area contributed by atoms with Crippen LogP contribution < -0.4 is 18.9 Å². The summed E-state index contributed by atoms with van der Waals surface area (Å²) < 4.78 is 59.4. The van der Waals surface area contributed by atoms with Crippen LogP contribution in [0.4, 0.5) is 8.78 Å². The number of alkyl halides is 2. The normalized spacial score (nSPS) is 14.0. The van der Waals surface area contributed by atoms with E-state index in [0.29, 0.717) is 30.3 Å². The fourth-order valence-electron chi connectivity index (χ4n) is 5.13. The molecule has 4 aromatic carbocycles. The highest BCUT2D eigenvalue weighted by Gasteiger charge is 2.40. The Morgan fingerprint density at radius 2 is 1.43 bits per heavy atom. The van der Waals surface area contributed by atoms with Crippen LogP contribution >= 0.6 is 0 Å². The predicted octanol–water partition coefficient (Wildman–Crippen LogP) is 7.22. The van der Waals surface area contributed by atoms with Crippen molar-refractivity contribution in [2.45, 2.75) is 32.3 Å². The van der Waals surface area contributed by atoms with Crippen LogP contribution in [-0.2, 0) is 23.5 Å². The van der Waals surface area contributed by atoms with E-state index < -0.39 is 12.2 Å². The molecule has 0 amide bonds. The van der Waals surface area contributed by atoms with E-state index in [9.17, 15) is 8.78 Å². The topological polar surface area (TPSA) is 64.0 Å². The van der Waals surface area contributed by atoms with E-state index in [1.807, 2.05) is 96.4 Å². The summed E-state index contributed by atoms with van der Waals surface area (Å²) in [6.07, 6.45) is 0. The van der Waals surface area contributed by atoms with Crippen LogP contribution in [0.25, 0.3) is 22.4 Å². The third-order valence-corrected chi connectivity index (χ3v) is 7.20. The van der Waals surface area contributed by atoms with Gasteiger partial charge in [-0.15, -0.1) is 0 Å². The fraction of sp³-hybridized carbons (Fsp3) is 0.242. The maximum Gasteiger partial charge on any atom is 0.387 e. The van der Waals surface area contributed by atoms with Crippen LogP contribution in [0.5, 0.6) is 23.0 Å². The van der Waals surface area contributed by atoms with Crippen molar-refractivity contribution in [2.75, 3.05) is 20.3 Å². The number of benzene rings is 4. The number of aromatic nitrogens is 2. The standard InChI is InChI=1S/C33H30F2N2O5/c1-33(20-39-21-33)37-26-16-10-9-15-25(26)36-31(37)24-17-27(38-2)29(40-18-22-11-5-3-6-12-22)30(28(24)42-32(34)35)41-19-23-13-7-4-8-14-23/h3-17,32H,18-21H2,1-2H3. The van der Waals surface area contributed by atoms with E-state index in [1.165, 1.54) is 7.11 Å². The molecule has 0 spiro atoms. The average Bonchev–Trinajstić information content (AvgIpc) is 3.38. The number of imidazole rings is 1. The number of methoxy groups -OCH3 is 1. The lowest BCUT2D eigenvalue weighted by Crippen LogP contribution is -2.49.